The molecule has 4 heteroatoms. The number of nitrogens with two attached hydrogens (primary N) is 1. The van der Waals surface area contributed by atoms with Gasteiger partial charge in [0.1, 0.15) is 0 Å². The zero-order chi connectivity index (χ0) is 14.3. The molecule has 0 radical (unpaired) electrons. The summed E-state index contributed by atoms with van der Waals surface area (Å²) in [6, 6.07) is 8.97. The van der Waals surface area contributed by atoms with E-state index in [1.54, 1.807) is 0 Å². The second kappa shape index (κ2) is 7.92. The van der Waals surface area contributed by atoms with Crippen LogP contribution in [-0.4, -0.2) is 29.7 Å². The van der Waals surface area contributed by atoms with Gasteiger partial charge >= 0.3 is 0 Å². The molecule has 1 rings (SSSR count). The number of aliphatic hydroxyl groups excluding tert-OH is 1. The summed E-state index contributed by atoms with van der Waals surface area (Å²) in [6.07, 6.45) is 1.47. The van der Waals surface area contributed by atoms with Crippen molar-refractivity contribution in [2.75, 3.05) is 6.61 Å². The molecule has 0 aliphatic heterocycles. The standard InChI is InChI=1S/C15H24N2O2/c1-3-11(2)14(16)15(19)17-13(10-18)9-12-7-5-4-6-8-12/h4-8,11,13-14,18H,3,9-10,16H2,1-2H3,(H,17,19)/t11-,13+,14-/m0/s1. The van der Waals surface area contributed by atoms with Gasteiger partial charge in [0.25, 0.3) is 0 Å². The first-order valence-corrected chi connectivity index (χ1v) is 6.79. The Hall–Kier alpha value is -1.39. The Morgan fingerprint density at radius 1 is 1.37 bits per heavy atom. The van der Waals surface area contributed by atoms with Gasteiger partial charge in [0.05, 0.1) is 18.7 Å². The van der Waals surface area contributed by atoms with E-state index in [1.165, 1.54) is 0 Å². The van der Waals surface area contributed by atoms with E-state index in [-0.39, 0.29) is 24.5 Å². The maximum atomic E-state index is 12.0. The molecule has 0 saturated carbocycles. The summed E-state index contributed by atoms with van der Waals surface area (Å²) in [4.78, 5) is 12.0. The molecule has 0 bridgehead atoms. The molecule has 1 amide bonds. The minimum atomic E-state index is -0.519. The molecule has 0 heterocycles. The summed E-state index contributed by atoms with van der Waals surface area (Å²) >= 11 is 0. The monoisotopic (exact) mass is 264 g/mol. The van der Waals surface area contributed by atoms with Gasteiger partial charge < -0.3 is 16.2 Å². The highest BCUT2D eigenvalue weighted by atomic mass is 16.3. The average Bonchev–Trinajstić information content (AvgIpc) is 2.45. The molecule has 4 N–H and O–H groups in total. The predicted octanol–water partition coefficient (Wildman–Crippen LogP) is 1.08. The average molecular weight is 264 g/mol. The van der Waals surface area contributed by atoms with E-state index < -0.39 is 6.04 Å². The van der Waals surface area contributed by atoms with E-state index in [0.717, 1.165) is 12.0 Å². The molecule has 106 valence electrons. The van der Waals surface area contributed by atoms with Crippen LogP contribution in [0.5, 0.6) is 0 Å². The second-order valence-corrected chi connectivity index (χ2v) is 4.99. The molecule has 0 aromatic heterocycles. The van der Waals surface area contributed by atoms with Crippen molar-refractivity contribution in [3.63, 3.8) is 0 Å². The van der Waals surface area contributed by atoms with Gasteiger partial charge in [-0.2, -0.15) is 0 Å². The van der Waals surface area contributed by atoms with E-state index in [2.05, 4.69) is 5.32 Å². The molecule has 0 unspecified atom stereocenters. The van der Waals surface area contributed by atoms with Crippen molar-refractivity contribution < 1.29 is 9.90 Å². The maximum absolute atomic E-state index is 12.0. The predicted molar refractivity (Wildman–Crippen MR) is 76.6 cm³/mol. The third kappa shape index (κ3) is 5.01. The Balaban J connectivity index is 2.55. The van der Waals surface area contributed by atoms with Crippen molar-refractivity contribution in [3.05, 3.63) is 35.9 Å². The van der Waals surface area contributed by atoms with Crippen molar-refractivity contribution in [3.8, 4) is 0 Å². The van der Waals surface area contributed by atoms with E-state index in [0.29, 0.717) is 6.42 Å². The van der Waals surface area contributed by atoms with Crippen LogP contribution < -0.4 is 11.1 Å². The minimum absolute atomic E-state index is 0.0894. The third-order valence-corrected chi connectivity index (χ3v) is 3.45. The first-order valence-electron chi connectivity index (χ1n) is 6.79. The zero-order valence-corrected chi connectivity index (χ0v) is 11.7. The molecule has 1 aromatic carbocycles. The van der Waals surface area contributed by atoms with Gasteiger partial charge in [0.15, 0.2) is 0 Å². The highest BCUT2D eigenvalue weighted by Crippen LogP contribution is 2.07. The summed E-state index contributed by atoms with van der Waals surface area (Å²) in [6.45, 7) is 3.87. The number of carbonyl (C=O) groups excluding carboxylic acids is 1. The van der Waals surface area contributed by atoms with Crippen LogP contribution in [0, 0.1) is 5.92 Å². The smallest absolute Gasteiger partial charge is 0.237 e. The number of aliphatic hydroxyl groups is 1. The summed E-state index contributed by atoms with van der Waals surface area (Å²) in [7, 11) is 0. The summed E-state index contributed by atoms with van der Waals surface area (Å²) in [5, 5.41) is 12.2. The zero-order valence-electron chi connectivity index (χ0n) is 11.7. The molecule has 0 aliphatic rings. The first-order chi connectivity index (χ1) is 9.08. The van der Waals surface area contributed by atoms with Crippen LogP contribution >= 0.6 is 0 Å². The Bertz CT molecular complexity index is 381. The fourth-order valence-electron chi connectivity index (χ4n) is 1.87. The molecule has 4 nitrogen and oxygen atoms in total. The van der Waals surface area contributed by atoms with Gasteiger partial charge in [-0.15, -0.1) is 0 Å². The lowest BCUT2D eigenvalue weighted by atomic mass is 9.98. The van der Waals surface area contributed by atoms with Crippen molar-refractivity contribution >= 4 is 5.91 Å². The first kappa shape index (κ1) is 15.7. The summed E-state index contributed by atoms with van der Waals surface area (Å²) in [5.74, 6) is -0.0552. The lowest BCUT2D eigenvalue weighted by Gasteiger charge is -2.22. The Morgan fingerprint density at radius 3 is 2.53 bits per heavy atom. The van der Waals surface area contributed by atoms with Crippen LogP contribution in [0.4, 0.5) is 0 Å². The third-order valence-electron chi connectivity index (χ3n) is 3.45. The lowest BCUT2D eigenvalue weighted by Crippen LogP contribution is -2.50. The fraction of sp³-hybridized carbons (Fsp3) is 0.533. The highest BCUT2D eigenvalue weighted by Gasteiger charge is 2.21. The van der Waals surface area contributed by atoms with E-state index in [4.69, 9.17) is 5.73 Å². The fourth-order valence-corrected chi connectivity index (χ4v) is 1.87. The van der Waals surface area contributed by atoms with E-state index in [9.17, 15) is 9.90 Å². The Kier molecular flexibility index (Phi) is 6.53. The van der Waals surface area contributed by atoms with Crippen molar-refractivity contribution in [2.24, 2.45) is 11.7 Å². The number of hydrogen-bond donors (Lipinski definition) is 3. The van der Waals surface area contributed by atoms with Gasteiger partial charge in [-0.1, -0.05) is 50.6 Å². The normalized spacial score (nSPS) is 15.6. The number of nitrogens with one attached hydrogen (secondary N) is 1. The number of hydrogen-bond acceptors (Lipinski definition) is 3. The topological polar surface area (TPSA) is 75.4 Å². The Labute approximate surface area is 115 Å². The SMILES string of the molecule is CC[C@H](C)[C@H](N)C(=O)N[C@@H](CO)Cc1ccccc1. The summed E-state index contributed by atoms with van der Waals surface area (Å²) in [5.41, 5.74) is 6.96. The van der Waals surface area contributed by atoms with Crippen LogP contribution in [0.25, 0.3) is 0 Å². The van der Waals surface area contributed by atoms with Gasteiger partial charge in [-0.3, -0.25) is 4.79 Å². The minimum Gasteiger partial charge on any atom is -0.394 e. The van der Waals surface area contributed by atoms with Crippen LogP contribution in [0.3, 0.4) is 0 Å². The molecule has 0 fully saturated rings. The van der Waals surface area contributed by atoms with Gasteiger partial charge in [-0.25, -0.2) is 0 Å². The molecule has 19 heavy (non-hydrogen) atoms. The lowest BCUT2D eigenvalue weighted by molar-refractivity contribution is -0.124. The van der Waals surface area contributed by atoms with E-state index >= 15 is 0 Å². The number of carbonyl (C=O) groups is 1. The number of benzene rings is 1. The molecular formula is C15H24N2O2. The molecule has 1 aromatic rings. The van der Waals surface area contributed by atoms with Crippen molar-refractivity contribution in [2.45, 2.75) is 38.8 Å². The highest BCUT2D eigenvalue weighted by molar-refractivity contribution is 5.82. The van der Waals surface area contributed by atoms with Crippen molar-refractivity contribution in [1.82, 2.24) is 5.32 Å². The molecule has 0 aliphatic carbocycles. The van der Waals surface area contributed by atoms with Gasteiger partial charge in [-0.05, 0) is 17.9 Å². The molecule has 3 atom stereocenters. The van der Waals surface area contributed by atoms with Crippen LogP contribution in [0.2, 0.25) is 0 Å². The van der Waals surface area contributed by atoms with Crippen molar-refractivity contribution in [1.29, 1.82) is 0 Å². The molecular weight excluding hydrogens is 240 g/mol. The van der Waals surface area contributed by atoms with Crippen LogP contribution in [-0.2, 0) is 11.2 Å². The van der Waals surface area contributed by atoms with Gasteiger partial charge in [0, 0.05) is 0 Å². The second-order valence-electron chi connectivity index (χ2n) is 4.99. The molecule has 0 spiro atoms. The Morgan fingerprint density at radius 2 is 2.00 bits per heavy atom. The van der Waals surface area contributed by atoms with Gasteiger partial charge in [0.2, 0.25) is 5.91 Å². The maximum Gasteiger partial charge on any atom is 0.237 e. The quantitative estimate of drug-likeness (QED) is 0.690. The molecule has 0 saturated heterocycles. The number of rotatable bonds is 7. The summed E-state index contributed by atoms with van der Waals surface area (Å²) < 4.78 is 0. The van der Waals surface area contributed by atoms with Crippen LogP contribution in [0.1, 0.15) is 25.8 Å². The van der Waals surface area contributed by atoms with E-state index in [1.807, 2.05) is 44.2 Å². The van der Waals surface area contributed by atoms with Crippen LogP contribution in [0.15, 0.2) is 30.3 Å². The largest absolute Gasteiger partial charge is 0.394 e. The number of amides is 1.